The first kappa shape index (κ1) is 32.7. The second kappa shape index (κ2) is 16.0. The number of ketones is 1. The number of hydrogen-bond donors (Lipinski definition) is 1. The predicted molar refractivity (Wildman–Crippen MR) is 164 cm³/mol. The SMILES string of the molecule is COCCCCC(=O)c1cccc(C(=O)NC(CN(C)C(=O)OCC[Si](C)(C)C)CC2(I)CCCCC2)c1. The molecule has 0 bridgehead atoms. The van der Waals surface area contributed by atoms with Crippen molar-refractivity contribution in [1.82, 2.24) is 10.2 Å². The first-order valence-electron chi connectivity index (χ1n) is 13.9. The van der Waals surface area contributed by atoms with Crippen LogP contribution in [-0.2, 0) is 9.47 Å². The van der Waals surface area contributed by atoms with Gasteiger partial charge < -0.3 is 19.7 Å². The monoisotopic (exact) mass is 658 g/mol. The fraction of sp³-hybridized carbons (Fsp3) is 0.690. The lowest BCUT2D eigenvalue weighted by Crippen LogP contribution is -2.48. The second-order valence-corrected chi connectivity index (χ2v) is 19.8. The predicted octanol–water partition coefficient (Wildman–Crippen LogP) is 6.72. The first-order chi connectivity index (χ1) is 17.9. The van der Waals surface area contributed by atoms with Crippen LogP contribution in [0.15, 0.2) is 24.3 Å². The number of Topliss-reactive ketones (excluding diaryl/α,β-unsaturated/α-hetero) is 1. The molecule has 2 amide bonds. The summed E-state index contributed by atoms with van der Waals surface area (Å²) < 4.78 is 10.7. The summed E-state index contributed by atoms with van der Waals surface area (Å²) in [4.78, 5) is 40.3. The van der Waals surface area contributed by atoms with Crippen LogP contribution in [0, 0.1) is 0 Å². The summed E-state index contributed by atoms with van der Waals surface area (Å²) in [5.41, 5.74) is 1.01. The van der Waals surface area contributed by atoms with Crippen LogP contribution < -0.4 is 5.32 Å². The van der Waals surface area contributed by atoms with E-state index in [-0.39, 0.29) is 27.2 Å². The van der Waals surface area contributed by atoms with Gasteiger partial charge in [-0.1, -0.05) is 73.6 Å². The third kappa shape index (κ3) is 12.2. The van der Waals surface area contributed by atoms with E-state index in [4.69, 9.17) is 9.47 Å². The number of carbonyl (C=O) groups is 3. The summed E-state index contributed by atoms with van der Waals surface area (Å²) in [6, 6.07) is 7.64. The number of amides is 2. The van der Waals surface area contributed by atoms with Gasteiger partial charge in [0.25, 0.3) is 5.91 Å². The first-order valence-corrected chi connectivity index (χ1v) is 18.7. The molecule has 1 N–H and O–H groups in total. The number of nitrogens with one attached hydrogen (secondary N) is 1. The van der Waals surface area contributed by atoms with E-state index < -0.39 is 8.07 Å². The van der Waals surface area contributed by atoms with Gasteiger partial charge in [-0.25, -0.2) is 4.79 Å². The Bertz CT molecular complexity index is 914. The summed E-state index contributed by atoms with van der Waals surface area (Å²) in [6.07, 6.45) is 8.28. The van der Waals surface area contributed by atoms with Gasteiger partial charge in [0.2, 0.25) is 0 Å². The van der Waals surface area contributed by atoms with E-state index in [0.717, 1.165) is 38.1 Å². The second-order valence-electron chi connectivity index (χ2n) is 11.8. The molecule has 1 saturated carbocycles. The normalized spacial score (nSPS) is 15.9. The molecule has 1 aromatic carbocycles. The zero-order valence-electron chi connectivity index (χ0n) is 23.9. The molecule has 0 heterocycles. The number of rotatable bonds is 15. The summed E-state index contributed by atoms with van der Waals surface area (Å²) in [5.74, 6) is -0.193. The van der Waals surface area contributed by atoms with Crippen LogP contribution in [0.2, 0.25) is 25.7 Å². The molecule has 0 spiro atoms. The number of methoxy groups -OCH3 is 1. The van der Waals surface area contributed by atoms with E-state index in [9.17, 15) is 14.4 Å². The van der Waals surface area contributed by atoms with Gasteiger partial charge in [0.15, 0.2) is 5.78 Å². The van der Waals surface area contributed by atoms with Gasteiger partial charge in [-0.05, 0) is 50.3 Å². The van der Waals surface area contributed by atoms with Crippen LogP contribution in [-0.4, -0.2) is 74.1 Å². The molecule has 0 aliphatic heterocycles. The Morgan fingerprint density at radius 2 is 1.76 bits per heavy atom. The van der Waals surface area contributed by atoms with Crippen molar-refractivity contribution < 1.29 is 23.9 Å². The van der Waals surface area contributed by atoms with Crippen molar-refractivity contribution in [3.63, 3.8) is 0 Å². The lowest BCUT2D eigenvalue weighted by molar-refractivity contribution is 0.0894. The molecule has 7 nitrogen and oxygen atoms in total. The maximum absolute atomic E-state index is 13.3. The molecular weight excluding hydrogens is 611 g/mol. The third-order valence-electron chi connectivity index (χ3n) is 7.03. The van der Waals surface area contributed by atoms with E-state index in [0.29, 0.717) is 37.3 Å². The number of likely N-dealkylation sites (N-methyl/N-ethyl adjacent to an activating group) is 1. The maximum atomic E-state index is 13.3. The number of nitrogens with zero attached hydrogens (tertiary/aromatic N) is 1. The van der Waals surface area contributed by atoms with Crippen LogP contribution in [0.4, 0.5) is 4.79 Å². The molecule has 0 saturated heterocycles. The highest BCUT2D eigenvalue weighted by atomic mass is 127. The molecule has 1 fully saturated rings. The van der Waals surface area contributed by atoms with Gasteiger partial charge >= 0.3 is 6.09 Å². The Morgan fingerprint density at radius 3 is 2.42 bits per heavy atom. The van der Waals surface area contributed by atoms with Crippen LogP contribution in [0.5, 0.6) is 0 Å². The Labute approximate surface area is 243 Å². The van der Waals surface area contributed by atoms with Gasteiger partial charge in [0, 0.05) is 62.4 Å². The average Bonchev–Trinajstić information content (AvgIpc) is 2.85. The zero-order valence-corrected chi connectivity index (χ0v) is 27.1. The summed E-state index contributed by atoms with van der Waals surface area (Å²) in [7, 11) is 2.09. The maximum Gasteiger partial charge on any atom is 0.409 e. The largest absolute Gasteiger partial charge is 0.450 e. The van der Waals surface area contributed by atoms with Gasteiger partial charge in [0.05, 0.1) is 6.61 Å². The number of unbranched alkanes of at least 4 members (excludes halogenated alkanes) is 1. The van der Waals surface area contributed by atoms with Crippen LogP contribution in [0.3, 0.4) is 0 Å². The Morgan fingerprint density at radius 1 is 1.08 bits per heavy atom. The number of carbonyl (C=O) groups excluding carboxylic acids is 3. The van der Waals surface area contributed by atoms with Crippen molar-refractivity contribution in [2.45, 2.75) is 92.9 Å². The lowest BCUT2D eigenvalue weighted by Gasteiger charge is -2.36. The van der Waals surface area contributed by atoms with Crippen LogP contribution in [0.1, 0.15) is 78.5 Å². The molecule has 0 aromatic heterocycles. The van der Waals surface area contributed by atoms with E-state index >= 15 is 0 Å². The number of alkyl halides is 1. The minimum atomic E-state index is -1.30. The standard InChI is InChI=1S/C29H47IN2O5Si/c1-32(28(35)37-18-19-38(3,4)5)22-25(21-29(30)15-8-6-9-16-29)31-27(34)24-13-11-12-23(20-24)26(33)14-7-10-17-36-2/h11-13,20,25H,6-10,14-19,21-22H2,1-5H3,(H,31,34). The van der Waals surface area contributed by atoms with Gasteiger partial charge in [0.1, 0.15) is 0 Å². The quantitative estimate of drug-likeness (QED) is 0.0744. The van der Waals surface area contributed by atoms with E-state index in [1.165, 1.54) is 19.3 Å². The van der Waals surface area contributed by atoms with Crippen molar-refractivity contribution >= 4 is 48.4 Å². The zero-order chi connectivity index (χ0) is 28.2. The number of ether oxygens (including phenoxy) is 2. The Balaban J connectivity index is 2.07. The van der Waals surface area contributed by atoms with Crippen molar-refractivity contribution in [3.8, 4) is 0 Å². The highest BCUT2D eigenvalue weighted by molar-refractivity contribution is 14.1. The smallest absolute Gasteiger partial charge is 0.409 e. The van der Waals surface area contributed by atoms with E-state index in [2.05, 4.69) is 47.5 Å². The van der Waals surface area contributed by atoms with Crippen molar-refractivity contribution in [2.24, 2.45) is 0 Å². The fourth-order valence-corrected chi connectivity index (χ4v) is 6.74. The minimum Gasteiger partial charge on any atom is -0.450 e. The molecular formula is C29H47IN2O5Si. The van der Waals surface area contributed by atoms with Crippen molar-refractivity contribution in [1.29, 1.82) is 0 Å². The highest BCUT2D eigenvalue weighted by Gasteiger charge is 2.33. The number of hydrogen-bond acceptors (Lipinski definition) is 5. The summed E-state index contributed by atoms with van der Waals surface area (Å²) in [6.45, 7) is 8.20. The minimum absolute atomic E-state index is 0.0292. The molecule has 0 radical (unpaired) electrons. The molecule has 1 aromatic rings. The third-order valence-corrected chi connectivity index (χ3v) is 10.3. The highest BCUT2D eigenvalue weighted by Crippen LogP contribution is 2.40. The fourth-order valence-electron chi connectivity index (χ4n) is 4.73. The van der Waals surface area contributed by atoms with Crippen LogP contribution >= 0.6 is 22.6 Å². The molecule has 1 aliphatic carbocycles. The van der Waals surface area contributed by atoms with E-state index in [1.54, 1.807) is 43.3 Å². The average molecular weight is 659 g/mol. The van der Waals surface area contributed by atoms with Crippen molar-refractivity contribution in [2.75, 3.05) is 33.9 Å². The van der Waals surface area contributed by atoms with Gasteiger partial charge in [-0.3, -0.25) is 9.59 Å². The van der Waals surface area contributed by atoms with Gasteiger partial charge in [-0.2, -0.15) is 0 Å². The van der Waals surface area contributed by atoms with Crippen molar-refractivity contribution in [3.05, 3.63) is 35.4 Å². The summed E-state index contributed by atoms with van der Waals surface area (Å²) in [5, 5.41) is 3.18. The number of halogens is 1. The molecule has 214 valence electrons. The lowest BCUT2D eigenvalue weighted by atomic mass is 9.84. The summed E-state index contributed by atoms with van der Waals surface area (Å²) >= 11 is 2.56. The Hall–Kier alpha value is -1.46. The van der Waals surface area contributed by atoms with Gasteiger partial charge in [-0.15, -0.1) is 0 Å². The molecule has 2 rings (SSSR count). The molecule has 38 heavy (non-hydrogen) atoms. The molecule has 9 heteroatoms. The number of benzene rings is 1. The topological polar surface area (TPSA) is 84.9 Å². The molecule has 1 atom stereocenters. The van der Waals surface area contributed by atoms with Crippen LogP contribution in [0.25, 0.3) is 0 Å². The Kier molecular flexibility index (Phi) is 13.8. The molecule has 1 unspecified atom stereocenters. The molecule has 1 aliphatic rings. The van der Waals surface area contributed by atoms with E-state index in [1.807, 2.05) is 0 Å².